The number of fused-ring (bicyclic) bond motifs is 1. The molecule has 4 rings (SSSR count). The molecule has 0 aliphatic carbocycles. The molecular weight excluding hydrogens is 390 g/mol. The summed E-state index contributed by atoms with van der Waals surface area (Å²) in [5.74, 6) is 1.31. The number of carbonyl (C=O) groups excluding carboxylic acids is 1. The van der Waals surface area contributed by atoms with E-state index in [1.54, 1.807) is 22.7 Å². The zero-order chi connectivity index (χ0) is 20.6. The lowest BCUT2D eigenvalue weighted by atomic mass is 9.94. The van der Waals surface area contributed by atoms with Gasteiger partial charge in [-0.2, -0.15) is 0 Å². The molecule has 3 aromatic heterocycles. The molecule has 8 nitrogen and oxygen atoms in total. The van der Waals surface area contributed by atoms with Crippen LogP contribution in [0.3, 0.4) is 0 Å². The predicted octanol–water partition coefficient (Wildman–Crippen LogP) is 2.39. The van der Waals surface area contributed by atoms with Crippen molar-refractivity contribution in [3.63, 3.8) is 0 Å². The van der Waals surface area contributed by atoms with Crippen LogP contribution in [0, 0.1) is 0 Å². The molecule has 154 valence electrons. The average Bonchev–Trinajstić information content (AvgIpc) is 3.28. The van der Waals surface area contributed by atoms with Gasteiger partial charge in [0.05, 0.1) is 12.7 Å². The van der Waals surface area contributed by atoms with Gasteiger partial charge >= 0.3 is 0 Å². The van der Waals surface area contributed by atoms with Crippen LogP contribution in [0.1, 0.15) is 49.2 Å². The van der Waals surface area contributed by atoms with E-state index in [0.717, 1.165) is 18.7 Å². The van der Waals surface area contributed by atoms with Gasteiger partial charge in [-0.15, -0.1) is 11.3 Å². The van der Waals surface area contributed by atoms with Gasteiger partial charge in [0.15, 0.2) is 4.96 Å². The fourth-order valence-corrected chi connectivity index (χ4v) is 4.07. The van der Waals surface area contributed by atoms with Gasteiger partial charge in [0.2, 0.25) is 5.89 Å². The molecule has 0 spiro atoms. The first kappa shape index (κ1) is 19.8. The van der Waals surface area contributed by atoms with Gasteiger partial charge < -0.3 is 9.32 Å². The number of nitrogens with zero attached hydrogens (tertiary/aromatic N) is 5. The Kier molecular flexibility index (Phi) is 5.26. The largest absolute Gasteiger partial charge is 0.444 e. The Labute approximate surface area is 172 Å². The first-order valence-corrected chi connectivity index (χ1v) is 10.6. The maximum Gasteiger partial charge on any atom is 0.271 e. The van der Waals surface area contributed by atoms with Crippen molar-refractivity contribution in [1.82, 2.24) is 24.2 Å². The fourth-order valence-electron chi connectivity index (χ4n) is 3.40. The van der Waals surface area contributed by atoms with E-state index >= 15 is 0 Å². The van der Waals surface area contributed by atoms with Crippen LogP contribution in [0.25, 0.3) is 4.96 Å². The van der Waals surface area contributed by atoms with Crippen LogP contribution in [0.15, 0.2) is 33.2 Å². The number of hydrogen-bond donors (Lipinski definition) is 0. The summed E-state index contributed by atoms with van der Waals surface area (Å²) >= 11 is 1.37. The summed E-state index contributed by atoms with van der Waals surface area (Å²) in [5.41, 5.74) is -0.257. The summed E-state index contributed by atoms with van der Waals surface area (Å²) < 4.78 is 7.33. The molecule has 1 amide bonds. The van der Waals surface area contributed by atoms with Gasteiger partial charge in [-0.25, -0.2) is 9.97 Å². The third-order valence-electron chi connectivity index (χ3n) is 5.10. The minimum absolute atomic E-state index is 0.0705. The molecule has 29 heavy (non-hydrogen) atoms. The molecule has 0 unspecified atom stereocenters. The number of carbonyl (C=O) groups is 1. The predicted molar refractivity (Wildman–Crippen MR) is 110 cm³/mol. The standard InChI is InChI=1S/C20H25N5O3S/c1-20(2,3)15-12-21-16(28-15)13-23-5-4-6-24(8-7-23)17(26)14-11-22-19-25(18(14)27)9-10-29-19/h9-12H,4-8,13H2,1-3H3. The lowest BCUT2D eigenvalue weighted by molar-refractivity contribution is 0.0758. The smallest absolute Gasteiger partial charge is 0.271 e. The maximum atomic E-state index is 12.9. The summed E-state index contributed by atoms with van der Waals surface area (Å²) in [5, 5.41) is 1.79. The summed E-state index contributed by atoms with van der Waals surface area (Å²) in [4.78, 5) is 38.8. The molecule has 0 aromatic carbocycles. The van der Waals surface area contributed by atoms with E-state index in [9.17, 15) is 9.59 Å². The van der Waals surface area contributed by atoms with Crippen LogP contribution >= 0.6 is 11.3 Å². The molecule has 1 aliphatic rings. The average molecular weight is 416 g/mol. The molecule has 0 saturated carbocycles. The summed E-state index contributed by atoms with van der Waals surface area (Å²) in [6.45, 7) is 9.61. The van der Waals surface area contributed by atoms with Crippen molar-refractivity contribution in [2.45, 2.75) is 39.2 Å². The van der Waals surface area contributed by atoms with Gasteiger partial charge in [0, 0.05) is 49.4 Å². The Hall–Kier alpha value is -2.52. The Morgan fingerprint density at radius 1 is 1.17 bits per heavy atom. The van der Waals surface area contributed by atoms with E-state index in [-0.39, 0.29) is 22.4 Å². The third-order valence-corrected chi connectivity index (χ3v) is 5.87. The molecule has 0 radical (unpaired) electrons. The monoisotopic (exact) mass is 415 g/mol. The highest BCUT2D eigenvalue weighted by Crippen LogP contribution is 2.23. The van der Waals surface area contributed by atoms with Crippen LogP contribution in [0.5, 0.6) is 0 Å². The highest BCUT2D eigenvalue weighted by atomic mass is 32.1. The topological polar surface area (TPSA) is 84.0 Å². The van der Waals surface area contributed by atoms with Crippen LogP contribution in [0.4, 0.5) is 0 Å². The van der Waals surface area contributed by atoms with Crippen molar-refractivity contribution in [3.8, 4) is 0 Å². The second kappa shape index (κ2) is 7.72. The fraction of sp³-hybridized carbons (Fsp3) is 0.500. The normalized spacial score (nSPS) is 16.3. The number of thiazole rings is 1. The lowest BCUT2D eigenvalue weighted by Gasteiger charge is -2.21. The van der Waals surface area contributed by atoms with E-state index in [1.807, 2.05) is 0 Å². The summed E-state index contributed by atoms with van der Waals surface area (Å²) in [6, 6.07) is 0. The van der Waals surface area contributed by atoms with Gasteiger partial charge in [0.25, 0.3) is 11.5 Å². The molecule has 0 atom stereocenters. The zero-order valence-electron chi connectivity index (χ0n) is 16.9. The summed E-state index contributed by atoms with van der Waals surface area (Å²) in [7, 11) is 0. The van der Waals surface area contributed by atoms with Crippen molar-refractivity contribution in [1.29, 1.82) is 0 Å². The van der Waals surface area contributed by atoms with Crippen LogP contribution in [0.2, 0.25) is 0 Å². The number of oxazole rings is 1. The number of rotatable bonds is 3. The quantitative estimate of drug-likeness (QED) is 0.653. The highest BCUT2D eigenvalue weighted by molar-refractivity contribution is 7.15. The van der Waals surface area contributed by atoms with E-state index in [1.165, 1.54) is 21.9 Å². The first-order chi connectivity index (χ1) is 13.8. The molecule has 1 saturated heterocycles. The maximum absolute atomic E-state index is 12.9. The van der Waals surface area contributed by atoms with Gasteiger partial charge in [-0.1, -0.05) is 20.8 Å². The SMILES string of the molecule is CC(C)(C)c1cnc(CN2CCCN(C(=O)c3cnc4sccn4c3=O)CC2)o1. The minimum atomic E-state index is -0.308. The molecule has 9 heteroatoms. The summed E-state index contributed by atoms with van der Waals surface area (Å²) in [6.07, 6.45) is 5.68. The number of hydrogen-bond acceptors (Lipinski definition) is 7. The Bertz CT molecular complexity index is 1080. The molecule has 4 heterocycles. The minimum Gasteiger partial charge on any atom is -0.444 e. The van der Waals surface area contributed by atoms with Crippen molar-refractivity contribution >= 4 is 22.2 Å². The number of aromatic nitrogens is 3. The van der Waals surface area contributed by atoms with Gasteiger partial charge in [-0.05, 0) is 6.42 Å². The van der Waals surface area contributed by atoms with E-state index in [0.29, 0.717) is 37.0 Å². The third kappa shape index (κ3) is 4.11. The lowest BCUT2D eigenvalue weighted by Crippen LogP contribution is -2.38. The number of amides is 1. The van der Waals surface area contributed by atoms with Gasteiger partial charge in [0.1, 0.15) is 11.3 Å². The van der Waals surface area contributed by atoms with Crippen LogP contribution in [-0.4, -0.2) is 56.3 Å². The highest BCUT2D eigenvalue weighted by Gasteiger charge is 2.25. The van der Waals surface area contributed by atoms with Crippen molar-refractivity contribution in [3.05, 3.63) is 51.5 Å². The van der Waals surface area contributed by atoms with Crippen LogP contribution < -0.4 is 5.56 Å². The molecule has 3 aromatic rings. The van der Waals surface area contributed by atoms with Crippen molar-refractivity contribution in [2.75, 3.05) is 26.2 Å². The van der Waals surface area contributed by atoms with E-state index in [2.05, 4.69) is 35.6 Å². The first-order valence-electron chi connectivity index (χ1n) is 9.74. The van der Waals surface area contributed by atoms with Crippen molar-refractivity contribution < 1.29 is 9.21 Å². The molecular formula is C20H25N5O3S. The Morgan fingerprint density at radius 3 is 2.76 bits per heavy atom. The Morgan fingerprint density at radius 2 is 2.00 bits per heavy atom. The zero-order valence-corrected chi connectivity index (χ0v) is 17.7. The molecule has 0 N–H and O–H groups in total. The van der Waals surface area contributed by atoms with Gasteiger partial charge in [-0.3, -0.25) is 18.9 Å². The Balaban J connectivity index is 1.43. The molecule has 1 aliphatic heterocycles. The molecule has 0 bridgehead atoms. The van der Waals surface area contributed by atoms with Crippen molar-refractivity contribution in [2.24, 2.45) is 0 Å². The molecule has 1 fully saturated rings. The van der Waals surface area contributed by atoms with E-state index < -0.39 is 0 Å². The second-order valence-corrected chi connectivity index (χ2v) is 9.20. The second-order valence-electron chi connectivity index (χ2n) is 8.32. The van der Waals surface area contributed by atoms with E-state index in [4.69, 9.17) is 4.42 Å². The van der Waals surface area contributed by atoms with Crippen LogP contribution in [-0.2, 0) is 12.0 Å².